The van der Waals surface area contributed by atoms with E-state index < -0.39 is 0 Å². The van der Waals surface area contributed by atoms with Gasteiger partial charge in [-0.2, -0.15) is 4.98 Å². The van der Waals surface area contributed by atoms with Crippen LogP contribution in [0.1, 0.15) is 43.4 Å². The minimum atomic E-state index is -0.179. The van der Waals surface area contributed by atoms with Crippen LogP contribution in [0.2, 0.25) is 0 Å². The fraction of sp³-hybridized carbons (Fsp3) is 0.722. The zero-order chi connectivity index (χ0) is 17.8. The van der Waals surface area contributed by atoms with Crippen molar-refractivity contribution in [2.45, 2.75) is 62.6 Å². The summed E-state index contributed by atoms with van der Waals surface area (Å²) >= 11 is 1.42. The normalized spacial score (nSPS) is 17.2. The molecule has 3 rings (SSSR count). The van der Waals surface area contributed by atoms with Crippen LogP contribution in [0.15, 0.2) is 9.82 Å². The minimum Gasteiger partial charge on any atom is -0.353 e. The lowest BCUT2D eigenvalue weighted by Crippen LogP contribution is -2.34. The molecule has 138 valence electrons. The Morgan fingerprint density at radius 2 is 2.04 bits per heavy atom. The molecule has 1 amide bonds. The number of fused-ring (bicyclic) bond motifs is 1. The third-order valence-electron chi connectivity index (χ3n) is 5.03. The van der Waals surface area contributed by atoms with E-state index in [4.69, 9.17) is 0 Å². The zero-order valence-corrected chi connectivity index (χ0v) is 16.0. The highest BCUT2D eigenvalue weighted by atomic mass is 32.2. The molecule has 2 aliphatic rings. The van der Waals surface area contributed by atoms with E-state index in [0.717, 1.165) is 49.4 Å². The summed E-state index contributed by atoms with van der Waals surface area (Å²) in [6.07, 6.45) is 7.54. The Morgan fingerprint density at radius 3 is 2.76 bits per heavy atom. The van der Waals surface area contributed by atoms with Gasteiger partial charge < -0.3 is 10.2 Å². The molecule has 1 heterocycles. The van der Waals surface area contributed by atoms with Crippen LogP contribution in [0.5, 0.6) is 0 Å². The van der Waals surface area contributed by atoms with E-state index in [2.05, 4.69) is 15.2 Å². The first-order valence-corrected chi connectivity index (χ1v) is 10.2. The van der Waals surface area contributed by atoms with Crippen molar-refractivity contribution in [3.05, 3.63) is 21.7 Å². The molecule has 1 fully saturated rings. The third kappa shape index (κ3) is 4.64. The van der Waals surface area contributed by atoms with Crippen LogP contribution in [-0.2, 0) is 24.2 Å². The summed E-state index contributed by atoms with van der Waals surface area (Å²) in [6.45, 7) is 1.50. The van der Waals surface area contributed by atoms with E-state index in [1.165, 1.54) is 30.2 Å². The predicted molar refractivity (Wildman–Crippen MR) is 100 cm³/mol. The molecular formula is C18H28N4O2S. The molecule has 1 aromatic heterocycles. The molecule has 25 heavy (non-hydrogen) atoms. The van der Waals surface area contributed by atoms with Gasteiger partial charge in [-0.3, -0.25) is 9.36 Å². The number of nitrogens with zero attached hydrogens (tertiary/aromatic N) is 3. The summed E-state index contributed by atoms with van der Waals surface area (Å²) in [5.74, 6) is 0.402. The molecule has 1 N–H and O–H groups in total. The Kier molecular flexibility index (Phi) is 6.17. The number of aromatic nitrogens is 2. The highest BCUT2D eigenvalue weighted by Crippen LogP contribution is 2.29. The number of carbonyl (C=O) groups excluding carboxylic acids is 1. The maximum atomic E-state index is 12.5. The van der Waals surface area contributed by atoms with Gasteiger partial charge in [-0.15, -0.1) is 0 Å². The molecule has 0 atom stereocenters. The molecule has 0 spiro atoms. The molecule has 1 aromatic rings. The summed E-state index contributed by atoms with van der Waals surface area (Å²) in [5, 5.41) is 3.86. The number of hydrogen-bond acceptors (Lipinski definition) is 5. The van der Waals surface area contributed by atoms with Crippen molar-refractivity contribution in [1.82, 2.24) is 19.8 Å². The number of rotatable bonds is 7. The van der Waals surface area contributed by atoms with E-state index in [9.17, 15) is 9.59 Å². The van der Waals surface area contributed by atoms with Crippen molar-refractivity contribution in [2.24, 2.45) is 0 Å². The molecule has 0 saturated heterocycles. The van der Waals surface area contributed by atoms with Crippen molar-refractivity contribution < 1.29 is 4.79 Å². The SMILES string of the molecule is CN(C)CCn1c2c(c(SCC(=O)NC3CCCC3)nc1=O)CCC2. The lowest BCUT2D eigenvalue weighted by Gasteiger charge is -2.16. The van der Waals surface area contributed by atoms with E-state index in [1.807, 2.05) is 18.7 Å². The van der Waals surface area contributed by atoms with Gasteiger partial charge >= 0.3 is 5.69 Å². The molecule has 0 unspecified atom stereocenters. The maximum Gasteiger partial charge on any atom is 0.348 e. The van der Waals surface area contributed by atoms with Gasteiger partial charge in [-0.1, -0.05) is 24.6 Å². The molecule has 1 saturated carbocycles. The molecule has 6 nitrogen and oxygen atoms in total. The fourth-order valence-corrected chi connectivity index (χ4v) is 4.60. The van der Waals surface area contributed by atoms with Crippen LogP contribution in [-0.4, -0.2) is 52.8 Å². The van der Waals surface area contributed by atoms with E-state index in [-0.39, 0.29) is 11.6 Å². The van der Waals surface area contributed by atoms with Crippen LogP contribution in [0.3, 0.4) is 0 Å². The lowest BCUT2D eigenvalue weighted by molar-refractivity contribution is -0.119. The molecular weight excluding hydrogens is 336 g/mol. The second-order valence-electron chi connectivity index (χ2n) is 7.27. The van der Waals surface area contributed by atoms with Crippen molar-refractivity contribution in [2.75, 3.05) is 26.4 Å². The van der Waals surface area contributed by atoms with Crippen LogP contribution < -0.4 is 11.0 Å². The summed E-state index contributed by atoms with van der Waals surface area (Å²) < 4.78 is 1.82. The van der Waals surface area contributed by atoms with E-state index >= 15 is 0 Å². The quantitative estimate of drug-likeness (QED) is 0.586. The van der Waals surface area contributed by atoms with Crippen LogP contribution in [0, 0.1) is 0 Å². The average molecular weight is 365 g/mol. The van der Waals surface area contributed by atoms with Crippen LogP contribution in [0.25, 0.3) is 0 Å². The second kappa shape index (κ2) is 8.36. The number of likely N-dealkylation sites (N-methyl/N-ethyl adjacent to an activating group) is 1. The highest BCUT2D eigenvalue weighted by molar-refractivity contribution is 7.99. The first kappa shape index (κ1) is 18.5. The van der Waals surface area contributed by atoms with Crippen molar-refractivity contribution >= 4 is 17.7 Å². The smallest absolute Gasteiger partial charge is 0.348 e. The first-order valence-electron chi connectivity index (χ1n) is 9.24. The molecule has 2 aliphatic carbocycles. The summed E-state index contributed by atoms with van der Waals surface area (Å²) in [7, 11) is 4.01. The summed E-state index contributed by atoms with van der Waals surface area (Å²) in [4.78, 5) is 31.0. The topological polar surface area (TPSA) is 67.2 Å². The van der Waals surface area contributed by atoms with Gasteiger partial charge in [0.25, 0.3) is 0 Å². The highest BCUT2D eigenvalue weighted by Gasteiger charge is 2.23. The second-order valence-corrected chi connectivity index (χ2v) is 8.23. The number of hydrogen-bond donors (Lipinski definition) is 1. The Bertz CT molecular complexity index is 680. The summed E-state index contributed by atoms with van der Waals surface area (Å²) in [5.41, 5.74) is 2.12. The van der Waals surface area contributed by atoms with Crippen molar-refractivity contribution in [1.29, 1.82) is 0 Å². The Hall–Kier alpha value is -1.34. The molecule has 0 radical (unpaired) electrons. The van der Waals surface area contributed by atoms with Crippen molar-refractivity contribution in [3.63, 3.8) is 0 Å². The van der Waals surface area contributed by atoms with Gasteiger partial charge in [0.2, 0.25) is 5.91 Å². The van der Waals surface area contributed by atoms with E-state index in [0.29, 0.717) is 18.3 Å². The number of thioether (sulfide) groups is 1. The molecule has 0 aromatic carbocycles. The minimum absolute atomic E-state index is 0.0576. The Labute approximate surface area is 153 Å². The van der Waals surface area contributed by atoms with Crippen LogP contribution in [0.4, 0.5) is 0 Å². The van der Waals surface area contributed by atoms with Crippen molar-refractivity contribution in [3.8, 4) is 0 Å². The maximum absolute atomic E-state index is 12.5. The summed E-state index contributed by atoms with van der Waals surface area (Å²) in [6, 6.07) is 0.339. The van der Waals surface area contributed by atoms with Gasteiger partial charge in [-0.25, -0.2) is 4.79 Å². The first-order chi connectivity index (χ1) is 12.0. The van der Waals surface area contributed by atoms with Gasteiger partial charge in [0.1, 0.15) is 5.03 Å². The monoisotopic (exact) mass is 364 g/mol. The Balaban J connectivity index is 1.67. The largest absolute Gasteiger partial charge is 0.353 e. The van der Waals surface area contributed by atoms with Crippen LogP contribution >= 0.6 is 11.8 Å². The third-order valence-corrected chi connectivity index (χ3v) is 6.05. The molecule has 0 aliphatic heterocycles. The standard InChI is InChI=1S/C18H28N4O2S/c1-21(2)10-11-22-15-9-5-8-14(15)17(20-18(22)24)25-12-16(23)19-13-6-3-4-7-13/h13H,3-12H2,1-2H3,(H,19,23). The predicted octanol–water partition coefficient (Wildman–Crippen LogP) is 1.44. The number of carbonyl (C=O) groups is 1. The number of nitrogens with one attached hydrogen (secondary N) is 1. The fourth-order valence-electron chi connectivity index (χ4n) is 3.71. The van der Waals surface area contributed by atoms with Gasteiger partial charge in [-0.05, 0) is 46.2 Å². The molecule has 7 heteroatoms. The van der Waals surface area contributed by atoms with Gasteiger partial charge in [0.05, 0.1) is 5.75 Å². The number of amides is 1. The van der Waals surface area contributed by atoms with Gasteiger partial charge in [0, 0.05) is 30.4 Å². The zero-order valence-electron chi connectivity index (χ0n) is 15.2. The Morgan fingerprint density at radius 1 is 1.28 bits per heavy atom. The van der Waals surface area contributed by atoms with E-state index in [1.54, 1.807) is 0 Å². The average Bonchev–Trinajstić information content (AvgIpc) is 3.23. The van der Waals surface area contributed by atoms with Gasteiger partial charge in [0.15, 0.2) is 0 Å². The molecule has 0 bridgehead atoms. The lowest BCUT2D eigenvalue weighted by atomic mass is 10.2.